The van der Waals surface area contributed by atoms with Crippen LogP contribution in [0.2, 0.25) is 10.0 Å². The van der Waals surface area contributed by atoms with Crippen LogP contribution in [0.3, 0.4) is 0 Å². The molecule has 2 aromatic rings. The van der Waals surface area contributed by atoms with Crippen LogP contribution in [0.5, 0.6) is 0 Å². The second kappa shape index (κ2) is 8.52. The van der Waals surface area contributed by atoms with Gasteiger partial charge in [-0.25, -0.2) is 0 Å². The number of benzene rings is 2. The first kappa shape index (κ1) is 18.8. The van der Waals surface area contributed by atoms with Gasteiger partial charge in [-0.15, -0.1) is 0 Å². The van der Waals surface area contributed by atoms with Crippen LogP contribution in [0.4, 0.5) is 0 Å². The number of hydrogen-bond donors (Lipinski definition) is 1. The molecule has 0 saturated carbocycles. The molecular weight excluding hydrogens is 343 g/mol. The maximum Gasteiger partial charge on any atom is 0.237 e. The van der Waals surface area contributed by atoms with Gasteiger partial charge in [0.2, 0.25) is 5.91 Å². The number of nitrogens with zero attached hydrogens (tertiary/aromatic N) is 1. The lowest BCUT2D eigenvalue weighted by Crippen LogP contribution is -2.43. The Hall–Kier alpha value is -1.55. The van der Waals surface area contributed by atoms with Gasteiger partial charge in [0.05, 0.1) is 22.1 Å². The third-order valence-corrected chi connectivity index (χ3v) is 5.01. The van der Waals surface area contributed by atoms with Crippen LogP contribution in [0.15, 0.2) is 48.5 Å². The maximum absolute atomic E-state index is 12.5. The van der Waals surface area contributed by atoms with Crippen molar-refractivity contribution in [3.8, 4) is 0 Å². The molecule has 0 aliphatic carbocycles. The highest BCUT2D eigenvalue weighted by molar-refractivity contribution is 6.42. The van der Waals surface area contributed by atoms with Crippen LogP contribution in [-0.2, 0) is 11.3 Å². The van der Waals surface area contributed by atoms with Gasteiger partial charge in [-0.2, -0.15) is 0 Å². The quantitative estimate of drug-likeness (QED) is 0.805. The van der Waals surface area contributed by atoms with E-state index in [0.29, 0.717) is 16.6 Å². The monoisotopic (exact) mass is 364 g/mol. The molecule has 5 heteroatoms. The fourth-order valence-corrected chi connectivity index (χ4v) is 2.82. The van der Waals surface area contributed by atoms with E-state index in [4.69, 9.17) is 23.2 Å². The molecule has 0 spiro atoms. The Morgan fingerprint density at radius 1 is 1.08 bits per heavy atom. The average Bonchev–Trinajstić information content (AvgIpc) is 2.58. The van der Waals surface area contributed by atoms with Crippen LogP contribution >= 0.6 is 23.2 Å². The zero-order valence-corrected chi connectivity index (χ0v) is 15.6. The minimum absolute atomic E-state index is 0.0213. The topological polar surface area (TPSA) is 32.3 Å². The first-order valence-corrected chi connectivity index (χ1v) is 8.64. The summed E-state index contributed by atoms with van der Waals surface area (Å²) in [5.41, 5.74) is 1.99. The zero-order chi connectivity index (χ0) is 17.7. The van der Waals surface area contributed by atoms with E-state index in [0.717, 1.165) is 11.1 Å². The number of carbonyl (C=O) groups excluding carboxylic acids is 1. The number of rotatable bonds is 6. The van der Waals surface area contributed by atoms with Crippen LogP contribution in [-0.4, -0.2) is 23.9 Å². The molecule has 0 radical (unpaired) electrons. The van der Waals surface area contributed by atoms with E-state index in [9.17, 15) is 4.79 Å². The van der Waals surface area contributed by atoms with E-state index in [-0.39, 0.29) is 18.0 Å². The molecule has 2 atom stereocenters. The fourth-order valence-electron chi connectivity index (χ4n) is 2.44. The van der Waals surface area contributed by atoms with Crippen molar-refractivity contribution in [1.29, 1.82) is 0 Å². The normalized spacial score (nSPS) is 13.6. The van der Waals surface area contributed by atoms with Crippen LogP contribution in [0.1, 0.15) is 31.0 Å². The van der Waals surface area contributed by atoms with Gasteiger partial charge in [0, 0.05) is 6.54 Å². The Morgan fingerprint density at radius 2 is 1.75 bits per heavy atom. The van der Waals surface area contributed by atoms with Gasteiger partial charge in [-0.3, -0.25) is 9.69 Å². The van der Waals surface area contributed by atoms with Crippen molar-refractivity contribution in [3.05, 3.63) is 69.7 Å². The Kier molecular flexibility index (Phi) is 6.67. The predicted octanol–water partition coefficient (Wildman–Crippen LogP) is 4.69. The summed E-state index contributed by atoms with van der Waals surface area (Å²) in [5, 5.41) is 4.11. The van der Waals surface area contributed by atoms with E-state index in [1.54, 1.807) is 6.07 Å². The minimum atomic E-state index is -0.286. The lowest BCUT2D eigenvalue weighted by atomic mass is 10.1. The van der Waals surface area contributed by atoms with Crippen molar-refractivity contribution in [3.63, 3.8) is 0 Å². The van der Waals surface area contributed by atoms with Crippen LogP contribution < -0.4 is 5.32 Å². The summed E-state index contributed by atoms with van der Waals surface area (Å²) in [6.07, 6.45) is 0. The molecule has 24 heavy (non-hydrogen) atoms. The molecule has 2 rings (SSSR count). The second-order valence-corrected chi connectivity index (χ2v) is 6.73. The molecule has 0 aliphatic heterocycles. The zero-order valence-electron chi connectivity index (χ0n) is 14.1. The Bertz CT molecular complexity index is 691. The molecule has 1 amide bonds. The molecule has 3 nitrogen and oxygen atoms in total. The Morgan fingerprint density at radius 3 is 2.42 bits per heavy atom. The summed E-state index contributed by atoms with van der Waals surface area (Å²) in [5.74, 6) is -0.0213. The first-order chi connectivity index (χ1) is 11.4. The number of nitrogens with one attached hydrogen (secondary N) is 1. The standard InChI is InChI=1S/C19H22Cl2N2O/c1-13(15-8-5-4-6-9-15)22-19(24)14(2)23(3)12-16-10-7-11-17(20)18(16)21/h4-11,13-14H,12H2,1-3H3,(H,22,24). The van der Waals surface area contributed by atoms with Gasteiger partial charge in [0.1, 0.15) is 0 Å². The highest BCUT2D eigenvalue weighted by Gasteiger charge is 2.21. The SMILES string of the molecule is CC(NC(=O)C(C)N(C)Cc1cccc(Cl)c1Cl)c1ccccc1. The number of amides is 1. The molecule has 128 valence electrons. The van der Waals surface area contributed by atoms with Gasteiger partial charge < -0.3 is 5.32 Å². The maximum atomic E-state index is 12.5. The van der Waals surface area contributed by atoms with E-state index >= 15 is 0 Å². The minimum Gasteiger partial charge on any atom is -0.348 e. The highest BCUT2D eigenvalue weighted by Crippen LogP contribution is 2.26. The molecule has 0 aliphatic rings. The average molecular weight is 365 g/mol. The molecule has 0 bridgehead atoms. The molecular formula is C19H22Cl2N2O. The second-order valence-electron chi connectivity index (χ2n) is 5.94. The smallest absolute Gasteiger partial charge is 0.237 e. The lowest BCUT2D eigenvalue weighted by molar-refractivity contribution is -0.126. The summed E-state index contributed by atoms with van der Waals surface area (Å²) in [6, 6.07) is 15.1. The van der Waals surface area contributed by atoms with Crippen molar-refractivity contribution >= 4 is 29.1 Å². The van der Waals surface area contributed by atoms with Gasteiger partial charge >= 0.3 is 0 Å². The number of halogens is 2. The largest absolute Gasteiger partial charge is 0.348 e. The third kappa shape index (κ3) is 4.73. The van der Waals surface area contributed by atoms with E-state index < -0.39 is 0 Å². The predicted molar refractivity (Wildman–Crippen MR) is 100 cm³/mol. The van der Waals surface area contributed by atoms with E-state index in [1.807, 2.05) is 68.3 Å². The van der Waals surface area contributed by atoms with E-state index in [1.165, 1.54) is 0 Å². The summed E-state index contributed by atoms with van der Waals surface area (Å²) in [4.78, 5) is 14.4. The molecule has 0 saturated heterocycles. The number of likely N-dealkylation sites (N-methyl/N-ethyl adjacent to an activating group) is 1. The summed E-state index contributed by atoms with van der Waals surface area (Å²) in [6.45, 7) is 4.41. The molecule has 1 N–H and O–H groups in total. The summed E-state index contributed by atoms with van der Waals surface area (Å²) < 4.78 is 0. The van der Waals surface area contributed by atoms with Crippen molar-refractivity contribution in [2.24, 2.45) is 0 Å². The fraction of sp³-hybridized carbons (Fsp3) is 0.316. The van der Waals surface area contributed by atoms with Crippen molar-refractivity contribution < 1.29 is 4.79 Å². The van der Waals surface area contributed by atoms with Gasteiger partial charge in [0.25, 0.3) is 0 Å². The van der Waals surface area contributed by atoms with Crippen molar-refractivity contribution in [1.82, 2.24) is 10.2 Å². The molecule has 0 fully saturated rings. The van der Waals surface area contributed by atoms with E-state index in [2.05, 4.69) is 5.32 Å². The van der Waals surface area contributed by atoms with Gasteiger partial charge in [-0.1, -0.05) is 65.7 Å². The molecule has 0 heterocycles. The summed E-state index contributed by atoms with van der Waals surface area (Å²) in [7, 11) is 1.90. The van der Waals surface area contributed by atoms with Crippen LogP contribution in [0.25, 0.3) is 0 Å². The summed E-state index contributed by atoms with van der Waals surface area (Å²) >= 11 is 12.3. The van der Waals surface area contributed by atoms with Crippen LogP contribution in [0, 0.1) is 0 Å². The lowest BCUT2D eigenvalue weighted by Gasteiger charge is -2.26. The molecule has 0 aromatic heterocycles. The molecule has 2 aromatic carbocycles. The Balaban J connectivity index is 1.98. The number of hydrogen-bond acceptors (Lipinski definition) is 2. The number of carbonyl (C=O) groups is 1. The van der Waals surface area contributed by atoms with Crippen molar-refractivity contribution in [2.45, 2.75) is 32.5 Å². The van der Waals surface area contributed by atoms with Gasteiger partial charge in [0.15, 0.2) is 0 Å². The van der Waals surface area contributed by atoms with Crippen molar-refractivity contribution in [2.75, 3.05) is 7.05 Å². The highest BCUT2D eigenvalue weighted by atomic mass is 35.5. The Labute approximate surface area is 153 Å². The molecule has 2 unspecified atom stereocenters. The third-order valence-electron chi connectivity index (χ3n) is 4.15. The first-order valence-electron chi connectivity index (χ1n) is 7.88. The van der Waals surface area contributed by atoms with Gasteiger partial charge in [-0.05, 0) is 38.1 Å².